The summed E-state index contributed by atoms with van der Waals surface area (Å²) in [5, 5.41) is 0. The van der Waals surface area contributed by atoms with Gasteiger partial charge >= 0.3 is 0 Å². The number of benzene rings is 2. The van der Waals surface area contributed by atoms with Crippen LogP contribution < -0.4 is 14.2 Å². The Balaban J connectivity index is 2.29. The highest BCUT2D eigenvalue weighted by atomic mass is 32.2. The van der Waals surface area contributed by atoms with Crippen LogP contribution in [0.15, 0.2) is 45.7 Å². The third-order valence-electron chi connectivity index (χ3n) is 3.78. The highest BCUT2D eigenvalue weighted by Crippen LogP contribution is 2.40. The molecule has 2 aromatic rings. The molecule has 0 amide bonds. The Morgan fingerprint density at radius 1 is 0.857 bits per heavy atom. The minimum absolute atomic E-state index is 0.131. The molecular formula is C20H24N2O5S. The zero-order valence-electron chi connectivity index (χ0n) is 16.5. The molecule has 0 aliphatic carbocycles. The Kier molecular flexibility index (Phi) is 7.06. The van der Waals surface area contributed by atoms with Crippen LogP contribution in [0.4, 0.5) is 0 Å². The van der Waals surface area contributed by atoms with Gasteiger partial charge in [-0.3, -0.25) is 0 Å². The standard InChI is InChI=1S/C20H24N2O5S/c1-22(2)14-21-28(23,24)17-11-7-15(8-12-17)6-9-16-10-13-18(25-3)20(27-5)19(16)26-4/h6-14H,1-5H3. The van der Waals surface area contributed by atoms with Gasteiger partial charge in [0.25, 0.3) is 10.0 Å². The van der Waals surface area contributed by atoms with Gasteiger partial charge in [0.2, 0.25) is 5.75 Å². The van der Waals surface area contributed by atoms with E-state index in [-0.39, 0.29) is 4.90 Å². The number of ether oxygens (including phenoxy) is 3. The third kappa shape index (κ3) is 5.04. The quantitative estimate of drug-likeness (QED) is 0.382. The molecule has 2 aromatic carbocycles. The van der Waals surface area contributed by atoms with Gasteiger partial charge in [0.1, 0.15) is 6.34 Å². The lowest BCUT2D eigenvalue weighted by molar-refractivity contribution is 0.324. The van der Waals surface area contributed by atoms with E-state index in [4.69, 9.17) is 14.2 Å². The molecule has 0 atom stereocenters. The van der Waals surface area contributed by atoms with Gasteiger partial charge in [-0.1, -0.05) is 24.3 Å². The summed E-state index contributed by atoms with van der Waals surface area (Å²) in [6.45, 7) is 0. The monoisotopic (exact) mass is 404 g/mol. The number of hydrogen-bond acceptors (Lipinski definition) is 5. The molecule has 0 N–H and O–H groups in total. The molecule has 150 valence electrons. The first-order valence-corrected chi connectivity index (χ1v) is 9.80. The predicted molar refractivity (Wildman–Crippen MR) is 111 cm³/mol. The van der Waals surface area contributed by atoms with E-state index in [2.05, 4.69) is 4.40 Å². The molecule has 0 saturated heterocycles. The van der Waals surface area contributed by atoms with Gasteiger partial charge < -0.3 is 19.1 Å². The molecule has 0 unspecified atom stereocenters. The second kappa shape index (κ2) is 9.27. The van der Waals surface area contributed by atoms with Gasteiger partial charge in [-0.05, 0) is 29.8 Å². The van der Waals surface area contributed by atoms with Crippen LogP contribution in [0.25, 0.3) is 12.2 Å². The van der Waals surface area contributed by atoms with Crippen LogP contribution >= 0.6 is 0 Å². The van der Waals surface area contributed by atoms with E-state index in [1.54, 1.807) is 58.5 Å². The number of sulfonamides is 1. The summed E-state index contributed by atoms with van der Waals surface area (Å²) in [6, 6.07) is 10.1. The van der Waals surface area contributed by atoms with E-state index >= 15 is 0 Å². The Morgan fingerprint density at radius 2 is 1.50 bits per heavy atom. The van der Waals surface area contributed by atoms with Crippen LogP contribution in [0, 0.1) is 0 Å². The van der Waals surface area contributed by atoms with Crippen LogP contribution in [-0.4, -0.2) is 55.1 Å². The maximum atomic E-state index is 12.2. The van der Waals surface area contributed by atoms with Crippen LogP contribution in [0.3, 0.4) is 0 Å². The van der Waals surface area contributed by atoms with Gasteiger partial charge in [0.15, 0.2) is 11.5 Å². The van der Waals surface area contributed by atoms with Crippen molar-refractivity contribution in [3.8, 4) is 17.2 Å². The van der Waals surface area contributed by atoms with Crippen LogP contribution in [0.2, 0.25) is 0 Å². The smallest absolute Gasteiger partial charge is 0.283 e. The topological polar surface area (TPSA) is 77.4 Å². The fourth-order valence-electron chi connectivity index (χ4n) is 2.41. The summed E-state index contributed by atoms with van der Waals surface area (Å²) < 4.78 is 44.0. The first-order chi connectivity index (χ1) is 13.3. The summed E-state index contributed by atoms with van der Waals surface area (Å²) in [6.07, 6.45) is 4.96. The van der Waals surface area contributed by atoms with E-state index < -0.39 is 10.0 Å². The lowest BCUT2D eigenvalue weighted by Gasteiger charge is -2.14. The molecule has 8 heteroatoms. The first kappa shape index (κ1) is 21.3. The van der Waals surface area contributed by atoms with Crippen molar-refractivity contribution in [2.75, 3.05) is 35.4 Å². The van der Waals surface area contributed by atoms with Crippen LogP contribution in [0.1, 0.15) is 11.1 Å². The highest BCUT2D eigenvalue weighted by Gasteiger charge is 2.14. The van der Waals surface area contributed by atoms with Crippen molar-refractivity contribution in [2.24, 2.45) is 4.40 Å². The van der Waals surface area contributed by atoms with E-state index in [0.717, 1.165) is 11.1 Å². The molecule has 0 aliphatic rings. The van der Waals surface area contributed by atoms with Crippen molar-refractivity contribution in [3.63, 3.8) is 0 Å². The maximum absolute atomic E-state index is 12.2. The van der Waals surface area contributed by atoms with Crippen molar-refractivity contribution in [3.05, 3.63) is 47.5 Å². The largest absolute Gasteiger partial charge is 0.493 e. The van der Waals surface area contributed by atoms with E-state index in [0.29, 0.717) is 17.2 Å². The number of hydrogen-bond donors (Lipinski definition) is 0. The summed E-state index contributed by atoms with van der Waals surface area (Å²) in [7, 11) is 4.36. The van der Waals surface area contributed by atoms with Gasteiger partial charge in [-0.15, -0.1) is 4.40 Å². The van der Waals surface area contributed by atoms with Gasteiger partial charge in [-0.2, -0.15) is 8.42 Å². The van der Waals surface area contributed by atoms with Crippen molar-refractivity contribution in [2.45, 2.75) is 4.90 Å². The number of nitrogens with zero attached hydrogens (tertiary/aromatic N) is 2. The highest BCUT2D eigenvalue weighted by molar-refractivity contribution is 7.90. The second-order valence-electron chi connectivity index (χ2n) is 5.99. The lowest BCUT2D eigenvalue weighted by atomic mass is 10.1. The molecule has 28 heavy (non-hydrogen) atoms. The normalized spacial score (nSPS) is 11.8. The summed E-state index contributed by atoms with van der Waals surface area (Å²) in [4.78, 5) is 1.69. The summed E-state index contributed by atoms with van der Waals surface area (Å²) in [5.41, 5.74) is 1.62. The van der Waals surface area contributed by atoms with E-state index in [1.165, 1.54) is 18.5 Å². The molecule has 0 saturated carbocycles. The minimum Gasteiger partial charge on any atom is -0.493 e. The summed E-state index contributed by atoms with van der Waals surface area (Å²) >= 11 is 0. The molecule has 2 rings (SSSR count). The SMILES string of the molecule is COc1ccc(C=Cc2ccc(S(=O)(=O)N=CN(C)C)cc2)c(OC)c1OC. The molecular weight excluding hydrogens is 380 g/mol. The molecule has 0 bridgehead atoms. The third-order valence-corrected chi connectivity index (χ3v) is 5.02. The second-order valence-corrected chi connectivity index (χ2v) is 7.62. The maximum Gasteiger partial charge on any atom is 0.283 e. The molecule has 0 heterocycles. The zero-order chi connectivity index (χ0) is 20.7. The van der Waals surface area contributed by atoms with Gasteiger partial charge in [-0.25, -0.2) is 0 Å². The minimum atomic E-state index is -3.71. The van der Waals surface area contributed by atoms with Crippen LogP contribution in [0.5, 0.6) is 17.2 Å². The molecule has 0 radical (unpaired) electrons. The van der Waals surface area contributed by atoms with Gasteiger partial charge in [0.05, 0.1) is 26.2 Å². The number of methoxy groups -OCH3 is 3. The van der Waals surface area contributed by atoms with E-state index in [1.807, 2.05) is 18.2 Å². The Hall–Kier alpha value is -3.00. The molecule has 0 spiro atoms. The average molecular weight is 404 g/mol. The Bertz CT molecular complexity index is 965. The number of rotatable bonds is 8. The fraction of sp³-hybridized carbons (Fsp3) is 0.250. The van der Waals surface area contributed by atoms with Crippen molar-refractivity contribution in [1.29, 1.82) is 0 Å². The van der Waals surface area contributed by atoms with Gasteiger partial charge in [0, 0.05) is 19.7 Å². The fourth-order valence-corrected chi connectivity index (χ4v) is 3.32. The molecule has 7 nitrogen and oxygen atoms in total. The predicted octanol–water partition coefficient (Wildman–Crippen LogP) is 3.16. The Morgan fingerprint density at radius 3 is 2.04 bits per heavy atom. The van der Waals surface area contributed by atoms with Crippen molar-refractivity contribution >= 4 is 28.5 Å². The first-order valence-electron chi connectivity index (χ1n) is 8.36. The lowest BCUT2D eigenvalue weighted by Crippen LogP contribution is -2.10. The Labute approximate surface area is 165 Å². The molecule has 0 aliphatic heterocycles. The summed E-state index contributed by atoms with van der Waals surface area (Å²) in [5.74, 6) is 1.63. The molecule has 0 aromatic heterocycles. The van der Waals surface area contributed by atoms with Crippen LogP contribution in [-0.2, 0) is 10.0 Å². The van der Waals surface area contributed by atoms with Crippen molar-refractivity contribution < 1.29 is 22.6 Å². The van der Waals surface area contributed by atoms with E-state index in [9.17, 15) is 8.42 Å². The zero-order valence-corrected chi connectivity index (χ0v) is 17.4. The molecule has 0 fully saturated rings. The van der Waals surface area contributed by atoms with Crippen molar-refractivity contribution in [1.82, 2.24) is 4.90 Å². The average Bonchev–Trinajstić information content (AvgIpc) is 2.70.